The van der Waals surface area contributed by atoms with Crippen molar-refractivity contribution in [3.05, 3.63) is 0 Å². The number of carbonyl (C=O) groups is 5. The smallest absolute Gasteiger partial charge is 0.474 e. The Balaban J connectivity index is 2.51. The minimum atomic E-state index is -5.45. The number of nitrogens with one attached hydrogen (secondary N) is 1. The highest BCUT2D eigenvalue weighted by Gasteiger charge is 2.61. The first-order valence-electron chi connectivity index (χ1n) is 12.3. The molecule has 1 unspecified atom stereocenters. The Hall–Kier alpha value is -2.82. The van der Waals surface area contributed by atoms with Crippen molar-refractivity contribution in [2.45, 2.75) is 87.7 Å². The second-order valence-electron chi connectivity index (χ2n) is 9.58. The van der Waals surface area contributed by atoms with E-state index in [1.807, 2.05) is 0 Å². The summed E-state index contributed by atoms with van der Waals surface area (Å²) in [6.45, 7) is 1.38. The fourth-order valence-corrected chi connectivity index (χ4v) is 5.03. The number of carboxylic acid groups (broad SMARTS) is 1. The van der Waals surface area contributed by atoms with Gasteiger partial charge < -0.3 is 70.6 Å². The number of aliphatic hydroxyl groups excluding tert-OH is 2. The van der Waals surface area contributed by atoms with Gasteiger partial charge in [0, 0.05) is 6.92 Å². The normalized spacial score (nSPS) is 36.5. The van der Waals surface area contributed by atoms with E-state index >= 15 is 0 Å². The third kappa shape index (κ3) is 9.33. The lowest BCUT2D eigenvalue weighted by Gasteiger charge is -2.50. The maximum absolute atomic E-state index is 12.8. The molecule has 2 aliphatic heterocycles. The fraction of sp³-hybridized carbons (Fsp3) is 0.762. The van der Waals surface area contributed by atoms with Crippen molar-refractivity contribution in [1.29, 1.82) is 0 Å². The van der Waals surface area contributed by atoms with Gasteiger partial charge in [-0.3, -0.25) is 18.6 Å². The van der Waals surface area contributed by atoms with E-state index in [1.54, 1.807) is 0 Å². The van der Waals surface area contributed by atoms with Crippen LogP contribution in [-0.4, -0.2) is 136 Å². The number of rotatable bonds is 14. The number of ether oxygens (including phenoxy) is 5. The molecule has 12 atom stereocenters. The maximum atomic E-state index is 12.8. The zero-order valence-electron chi connectivity index (χ0n) is 22.9. The summed E-state index contributed by atoms with van der Waals surface area (Å²) in [7, 11) is -5.45. The monoisotopic (exact) mass is 647 g/mol. The Bertz CT molecular complexity index is 1090. The molecule has 0 aromatic carbocycles. The highest BCUT2D eigenvalue weighted by molar-refractivity contribution is 7.47. The van der Waals surface area contributed by atoms with Crippen LogP contribution < -0.4 is 16.8 Å². The summed E-state index contributed by atoms with van der Waals surface area (Å²) in [5, 5.41) is 43.4. The summed E-state index contributed by atoms with van der Waals surface area (Å²) in [5.74, 6) is -3.82. The van der Waals surface area contributed by atoms with Crippen molar-refractivity contribution in [3.63, 3.8) is 0 Å². The van der Waals surface area contributed by atoms with Crippen LogP contribution in [0.15, 0.2) is 0 Å². The number of amides is 3. The number of nitrogens with two attached hydrogens (primary N) is 2. The lowest BCUT2D eigenvalue weighted by molar-refractivity contribution is -0.349. The molecule has 0 saturated carbocycles. The third-order valence-electron chi connectivity index (χ3n) is 6.21. The lowest BCUT2D eigenvalue weighted by Crippen LogP contribution is -2.71. The molecule has 0 aromatic heterocycles. The molecular weight excluding hydrogens is 613 g/mol. The van der Waals surface area contributed by atoms with Crippen molar-refractivity contribution in [2.75, 3.05) is 13.2 Å². The summed E-state index contributed by atoms with van der Waals surface area (Å²) in [4.78, 5) is 67.9. The fourth-order valence-electron chi connectivity index (χ4n) is 4.22. The molecule has 2 saturated heterocycles. The maximum Gasteiger partial charge on any atom is 0.474 e. The van der Waals surface area contributed by atoms with Gasteiger partial charge in [-0.15, -0.1) is 0 Å². The second-order valence-corrected chi connectivity index (χ2v) is 11.0. The summed E-state index contributed by atoms with van der Waals surface area (Å²) in [6.07, 6.45) is -18.3. The van der Waals surface area contributed by atoms with Gasteiger partial charge in [-0.05, 0) is 13.8 Å². The van der Waals surface area contributed by atoms with Crippen LogP contribution in [0.3, 0.4) is 0 Å². The summed E-state index contributed by atoms with van der Waals surface area (Å²) < 4.78 is 48.6. The molecule has 43 heavy (non-hydrogen) atoms. The zero-order chi connectivity index (χ0) is 32.9. The van der Waals surface area contributed by atoms with Gasteiger partial charge >= 0.3 is 19.9 Å². The zero-order valence-corrected chi connectivity index (χ0v) is 23.8. The van der Waals surface area contributed by atoms with E-state index in [9.17, 15) is 48.8 Å². The Morgan fingerprint density at radius 1 is 1.14 bits per heavy atom. The minimum absolute atomic E-state index is 0.204. The number of aliphatic carboxylic acids is 1. The average molecular weight is 647 g/mol. The van der Waals surface area contributed by atoms with Gasteiger partial charge in [0.15, 0.2) is 37.0 Å². The highest BCUT2D eigenvalue weighted by atomic mass is 31.2. The van der Waals surface area contributed by atoms with Crippen molar-refractivity contribution in [2.24, 2.45) is 11.5 Å². The first kappa shape index (κ1) is 36.4. The van der Waals surface area contributed by atoms with Crippen molar-refractivity contribution < 1.29 is 86.6 Å². The molecule has 0 radical (unpaired) electrons. The second kappa shape index (κ2) is 14.8. The SMILES string of the molecule is CC(=O)N[C@H]1[C@H](O[C@H]2[C@@H](OP(=O)(O)OC[C@@H](OCC=O)C(=O)O)O[C@H](C(N)=O)[C@@](C)(O)[C@@H]2OC(N)=O)O[C@H](C)[C@@H](O)[C@@H]1O. The number of hydrogen-bond donors (Lipinski definition) is 8. The number of aliphatic hydroxyl groups is 3. The van der Waals surface area contributed by atoms with Crippen LogP contribution in [0.5, 0.6) is 0 Å². The van der Waals surface area contributed by atoms with Crippen LogP contribution in [0, 0.1) is 0 Å². The lowest BCUT2D eigenvalue weighted by atomic mass is 9.85. The Kier molecular flexibility index (Phi) is 12.5. The number of carboxylic acids is 1. The molecule has 2 rings (SSSR count). The number of carbonyl (C=O) groups excluding carboxylic acids is 4. The predicted molar refractivity (Wildman–Crippen MR) is 132 cm³/mol. The summed E-state index contributed by atoms with van der Waals surface area (Å²) >= 11 is 0. The van der Waals surface area contributed by atoms with E-state index in [0.29, 0.717) is 0 Å². The van der Waals surface area contributed by atoms with Crippen molar-refractivity contribution in [3.8, 4) is 0 Å². The van der Waals surface area contributed by atoms with Crippen molar-refractivity contribution >= 4 is 38.0 Å². The predicted octanol–water partition coefficient (Wildman–Crippen LogP) is -4.43. The number of primary amides is 2. The highest BCUT2D eigenvalue weighted by Crippen LogP contribution is 2.48. The number of phosphoric ester groups is 1. The summed E-state index contributed by atoms with van der Waals surface area (Å²) in [5.41, 5.74) is 7.84. The van der Waals surface area contributed by atoms with E-state index in [-0.39, 0.29) is 6.29 Å². The van der Waals surface area contributed by atoms with Gasteiger partial charge in [-0.25, -0.2) is 14.2 Å². The van der Waals surface area contributed by atoms with E-state index in [0.717, 1.165) is 13.8 Å². The molecule has 2 aliphatic rings. The molecular formula is C21H34N3O18P. The topological polar surface area (TPSA) is 332 Å². The Morgan fingerprint density at radius 3 is 2.28 bits per heavy atom. The molecule has 3 amide bonds. The van der Waals surface area contributed by atoms with Gasteiger partial charge in [0.2, 0.25) is 11.8 Å². The molecule has 0 bridgehead atoms. The Morgan fingerprint density at radius 2 is 1.77 bits per heavy atom. The van der Waals surface area contributed by atoms with Crippen LogP contribution in [-0.2, 0) is 56.5 Å². The molecule has 246 valence electrons. The standard InChI is InChI=1S/C21H34N3O18P/c1-7-11(27)12(28)10(24-8(2)26)18(38-7)39-13-14(41-20(23)32)21(3,33)15(16(22)29)40-19(13)42-43(34,35)37-6-9(17(30)31)36-5-4-25/h4,7,9-15,18-19,27-28,33H,5-6H2,1-3H3,(H2,22,29)(H2,23,32)(H,24,26)(H,30,31)(H,34,35)/t7-,9-,10-,11-,12-,13-,14-,15-,18+,19-,21+/m1/s1. The van der Waals surface area contributed by atoms with Gasteiger partial charge in [-0.1, -0.05) is 0 Å². The molecule has 21 nitrogen and oxygen atoms in total. The molecule has 22 heteroatoms. The van der Waals surface area contributed by atoms with Gasteiger partial charge in [0.05, 0.1) is 12.7 Å². The van der Waals surface area contributed by atoms with Crippen LogP contribution in [0.25, 0.3) is 0 Å². The molecule has 0 aromatic rings. The quantitative estimate of drug-likeness (QED) is 0.0651. The first-order chi connectivity index (χ1) is 19.8. The van der Waals surface area contributed by atoms with E-state index < -0.39 is 112 Å². The van der Waals surface area contributed by atoms with E-state index in [2.05, 4.69) is 14.6 Å². The largest absolute Gasteiger partial charge is 0.479 e. The molecule has 10 N–H and O–H groups in total. The van der Waals surface area contributed by atoms with Crippen LogP contribution >= 0.6 is 7.82 Å². The van der Waals surface area contributed by atoms with E-state index in [1.165, 1.54) is 6.92 Å². The van der Waals surface area contributed by atoms with Crippen LogP contribution in [0.1, 0.15) is 20.8 Å². The first-order valence-corrected chi connectivity index (χ1v) is 13.8. The van der Waals surface area contributed by atoms with Crippen molar-refractivity contribution in [1.82, 2.24) is 5.32 Å². The van der Waals surface area contributed by atoms with Crippen LogP contribution in [0.2, 0.25) is 0 Å². The number of aldehydes is 1. The van der Waals surface area contributed by atoms with Crippen LogP contribution in [0.4, 0.5) is 4.79 Å². The van der Waals surface area contributed by atoms with Gasteiger partial charge in [0.25, 0.3) is 0 Å². The summed E-state index contributed by atoms with van der Waals surface area (Å²) in [6, 6.07) is -1.55. The minimum Gasteiger partial charge on any atom is -0.479 e. The molecule has 2 heterocycles. The molecule has 0 aliphatic carbocycles. The number of phosphoric acid groups is 1. The molecule has 0 spiro atoms. The number of hydrogen-bond acceptors (Lipinski definition) is 16. The third-order valence-corrected chi connectivity index (χ3v) is 7.16. The average Bonchev–Trinajstić information content (AvgIpc) is 2.87. The van der Waals surface area contributed by atoms with Gasteiger partial charge in [-0.2, -0.15) is 0 Å². The Labute approximate surface area is 242 Å². The van der Waals surface area contributed by atoms with Gasteiger partial charge in [0.1, 0.15) is 36.7 Å². The van der Waals surface area contributed by atoms with E-state index in [4.69, 9.17) is 40.0 Å². The molecule has 2 fully saturated rings.